The van der Waals surface area contributed by atoms with Gasteiger partial charge in [-0.3, -0.25) is 0 Å². The molecular formula is C33H16BF18N6-. The van der Waals surface area contributed by atoms with E-state index < -0.39 is 112 Å². The van der Waals surface area contributed by atoms with Crippen LogP contribution in [0.15, 0.2) is 91.0 Å². The summed E-state index contributed by atoms with van der Waals surface area (Å²) in [4.78, 5) is 0. The van der Waals surface area contributed by atoms with Crippen LogP contribution < -0.4 is 0 Å². The van der Waals surface area contributed by atoms with E-state index in [1.165, 1.54) is 0 Å². The van der Waals surface area contributed by atoms with Gasteiger partial charge in [0.25, 0.3) is 0 Å². The van der Waals surface area contributed by atoms with Gasteiger partial charge in [-0.1, -0.05) is 36.4 Å². The van der Waals surface area contributed by atoms with Crippen LogP contribution in [0.5, 0.6) is 0 Å². The van der Waals surface area contributed by atoms with Gasteiger partial charge in [0.05, 0.1) is 16.7 Å². The molecule has 3 aromatic carbocycles. The van der Waals surface area contributed by atoms with E-state index >= 15 is 0 Å². The van der Waals surface area contributed by atoms with Gasteiger partial charge in [-0.2, -0.15) is 79.0 Å². The molecule has 3 heterocycles. The maximum Gasteiger partial charge on any atom is 0.435 e. The molecule has 0 aliphatic carbocycles. The Morgan fingerprint density at radius 3 is 0.690 bits per heavy atom. The van der Waals surface area contributed by atoms with Crippen LogP contribution in [-0.4, -0.2) is 36.2 Å². The molecule has 25 heteroatoms. The van der Waals surface area contributed by atoms with Crippen molar-refractivity contribution < 1.29 is 79.0 Å². The summed E-state index contributed by atoms with van der Waals surface area (Å²) in [6.07, 6.45) is -31.4. The Morgan fingerprint density at radius 2 is 0.517 bits per heavy atom. The van der Waals surface area contributed by atoms with Crippen molar-refractivity contribution in [1.82, 2.24) is 29.1 Å². The van der Waals surface area contributed by atoms with Crippen LogP contribution >= 0.6 is 0 Å². The van der Waals surface area contributed by atoms with Crippen LogP contribution in [0.1, 0.15) is 33.8 Å². The summed E-state index contributed by atoms with van der Waals surface area (Å²) in [5.41, 5.74) is -14.1. The van der Waals surface area contributed by atoms with Gasteiger partial charge in [-0.15, -0.1) is 0 Å². The lowest BCUT2D eigenvalue weighted by Gasteiger charge is -2.32. The summed E-state index contributed by atoms with van der Waals surface area (Å²) in [6, 6.07) is 6.54. The van der Waals surface area contributed by atoms with E-state index in [0.29, 0.717) is 72.8 Å². The third kappa shape index (κ3) is 8.37. The molecule has 0 N–H and O–H groups in total. The fourth-order valence-corrected chi connectivity index (χ4v) is 5.88. The van der Waals surface area contributed by atoms with Gasteiger partial charge in [-0.05, 0) is 71.3 Å². The first kappa shape index (κ1) is 41.7. The largest absolute Gasteiger partial charge is 0.435 e. The summed E-state index contributed by atoms with van der Waals surface area (Å²) >= 11 is 0. The predicted octanol–water partition coefficient (Wildman–Crippen LogP) is 11.1. The highest BCUT2D eigenvalue weighted by molar-refractivity contribution is 6.54. The molecule has 0 amide bonds. The number of hydrogen-bond donors (Lipinski definition) is 0. The Labute approximate surface area is 311 Å². The number of rotatable bonds is 6. The van der Waals surface area contributed by atoms with E-state index in [1.807, 2.05) is 0 Å². The Morgan fingerprint density at radius 1 is 0.310 bits per heavy atom. The second-order valence-electron chi connectivity index (χ2n) is 12.4. The Kier molecular flexibility index (Phi) is 9.99. The zero-order valence-corrected chi connectivity index (χ0v) is 27.9. The maximum atomic E-state index is 14.3. The summed E-state index contributed by atoms with van der Waals surface area (Å²) in [5.74, 6) is 0. The van der Waals surface area contributed by atoms with Crippen LogP contribution in [0, 0.1) is 0 Å². The molecule has 0 bridgehead atoms. The molecule has 308 valence electrons. The average Bonchev–Trinajstić information content (AvgIpc) is 3.86. The number of halogens is 18. The van der Waals surface area contributed by atoms with Gasteiger partial charge >= 0.3 is 44.2 Å². The Balaban J connectivity index is 1.74. The van der Waals surface area contributed by atoms with E-state index in [9.17, 15) is 79.0 Å². The smallest absolute Gasteiger partial charge is 0.396 e. The summed E-state index contributed by atoms with van der Waals surface area (Å²) in [7, 11) is -4.09. The lowest BCUT2D eigenvalue weighted by Crippen LogP contribution is -2.45. The fourth-order valence-electron chi connectivity index (χ4n) is 5.88. The molecule has 0 atom stereocenters. The van der Waals surface area contributed by atoms with E-state index in [1.54, 1.807) is 0 Å². The zero-order chi connectivity index (χ0) is 43.0. The molecule has 6 aromatic rings. The average molecular weight is 849 g/mol. The van der Waals surface area contributed by atoms with E-state index in [0.717, 1.165) is 0 Å². The number of nitrogens with zero attached hydrogens (tertiary/aromatic N) is 6. The van der Waals surface area contributed by atoms with Gasteiger partial charge in [0.2, 0.25) is 0 Å². The molecule has 0 unspecified atom stereocenters. The third-order valence-electron chi connectivity index (χ3n) is 8.54. The molecular weight excluding hydrogens is 833 g/mol. The second kappa shape index (κ2) is 13.9. The normalized spacial score (nSPS) is 13.5. The first-order valence-electron chi connectivity index (χ1n) is 15.7. The molecule has 0 aliphatic heterocycles. The fraction of sp³-hybridized carbons (Fsp3) is 0.182. The minimum absolute atomic E-state index is 0.174. The van der Waals surface area contributed by atoms with Gasteiger partial charge in [0.1, 0.15) is 0 Å². The van der Waals surface area contributed by atoms with Crippen LogP contribution in [-0.2, 0) is 37.1 Å². The Bertz CT molecular complexity index is 2140. The highest BCUT2D eigenvalue weighted by Crippen LogP contribution is 2.40. The number of aromatic nitrogens is 6. The lowest BCUT2D eigenvalue weighted by atomic mass is 9.90. The lowest BCUT2D eigenvalue weighted by molar-refractivity contribution is -0.142. The first-order chi connectivity index (χ1) is 26.5. The molecule has 0 radical (unpaired) electrons. The molecule has 0 aliphatic rings. The van der Waals surface area contributed by atoms with E-state index in [-0.39, 0.29) is 32.0 Å². The van der Waals surface area contributed by atoms with Crippen molar-refractivity contribution in [1.29, 1.82) is 0 Å². The van der Waals surface area contributed by atoms with Crippen LogP contribution in [0.25, 0.3) is 33.8 Å². The summed E-state index contributed by atoms with van der Waals surface area (Å²) in [6.45, 7) is 0. The quantitative estimate of drug-likeness (QED) is 0.124. The van der Waals surface area contributed by atoms with Gasteiger partial charge < -0.3 is 13.8 Å². The molecule has 0 saturated carbocycles. The second-order valence-corrected chi connectivity index (χ2v) is 12.4. The minimum atomic E-state index is -5.45. The monoisotopic (exact) mass is 849 g/mol. The highest BCUT2D eigenvalue weighted by atomic mass is 19.4. The number of benzene rings is 3. The Hall–Kier alpha value is -5.91. The molecule has 0 saturated heterocycles. The van der Waals surface area contributed by atoms with Crippen molar-refractivity contribution >= 4 is 7.12 Å². The van der Waals surface area contributed by atoms with Gasteiger partial charge in [0.15, 0.2) is 17.1 Å². The molecule has 58 heavy (non-hydrogen) atoms. The van der Waals surface area contributed by atoms with Crippen LogP contribution in [0.4, 0.5) is 79.0 Å². The molecule has 3 aromatic heterocycles. The first-order valence-corrected chi connectivity index (χ1v) is 15.7. The standard InChI is InChI=1S/C33H16BF18N6/c35-28(36,37)19-7-1-16(2-8-19)22-13-25(31(44,45)46)53-56(22)34(57-23(14-26(54-57)32(47,48)49)17-3-9-20(10-4-17)29(38,39)40)58-24(15-27(55-58)33(50,51)52)18-5-11-21(12-6-18)30(41,42)43/h1-15,34H/q-1. The van der Waals surface area contributed by atoms with Crippen molar-refractivity contribution in [3.8, 4) is 33.8 Å². The predicted molar refractivity (Wildman–Crippen MR) is 166 cm³/mol. The summed E-state index contributed by atoms with van der Waals surface area (Å²) < 4.78 is 250. The minimum Gasteiger partial charge on any atom is -0.396 e. The molecule has 0 fully saturated rings. The highest BCUT2D eigenvalue weighted by Gasteiger charge is 2.41. The maximum absolute atomic E-state index is 14.3. The van der Waals surface area contributed by atoms with Crippen molar-refractivity contribution in [3.05, 3.63) is 125 Å². The van der Waals surface area contributed by atoms with Crippen molar-refractivity contribution in [3.63, 3.8) is 0 Å². The van der Waals surface area contributed by atoms with Crippen LogP contribution in [0.3, 0.4) is 0 Å². The van der Waals surface area contributed by atoms with E-state index in [2.05, 4.69) is 15.3 Å². The van der Waals surface area contributed by atoms with Gasteiger partial charge in [0, 0.05) is 17.1 Å². The van der Waals surface area contributed by atoms with Crippen molar-refractivity contribution in [2.45, 2.75) is 37.1 Å². The van der Waals surface area contributed by atoms with Gasteiger partial charge in [-0.25, -0.2) is 15.3 Å². The zero-order valence-electron chi connectivity index (χ0n) is 27.9. The van der Waals surface area contributed by atoms with Crippen LogP contribution in [0.2, 0.25) is 0 Å². The topological polar surface area (TPSA) is 53.5 Å². The third-order valence-corrected chi connectivity index (χ3v) is 8.54. The molecule has 0 spiro atoms. The molecule has 6 nitrogen and oxygen atoms in total. The summed E-state index contributed by atoms with van der Waals surface area (Å²) in [5, 5.41) is 10.2. The number of alkyl halides is 18. The van der Waals surface area contributed by atoms with Crippen molar-refractivity contribution in [2.75, 3.05) is 0 Å². The van der Waals surface area contributed by atoms with Crippen molar-refractivity contribution in [2.24, 2.45) is 0 Å². The SMILES string of the molecule is FC(F)(F)c1ccc(-c2cc(C(F)(F)F)nn2[BH-](n2nc(C(F)(F)F)cc2-c2ccc(C(F)(F)F)cc2)n2nc(C(F)(F)F)cc2-c2ccc(C(F)(F)F)cc2)cc1. The molecule has 6 rings (SSSR count). The van der Waals surface area contributed by atoms with E-state index in [4.69, 9.17) is 0 Å². The number of hydrogen-bond acceptors (Lipinski definition) is 3.